The van der Waals surface area contributed by atoms with Gasteiger partial charge in [0.15, 0.2) is 0 Å². The van der Waals surface area contributed by atoms with Gasteiger partial charge in [-0.15, -0.1) is 0 Å². The van der Waals surface area contributed by atoms with Gasteiger partial charge in [0, 0.05) is 11.6 Å². The van der Waals surface area contributed by atoms with Crippen molar-refractivity contribution in [2.75, 3.05) is 0 Å². The Labute approximate surface area is 88.0 Å². The molecule has 0 spiro atoms. The van der Waals surface area contributed by atoms with Crippen LogP contribution in [0.3, 0.4) is 0 Å². The molecule has 0 saturated carbocycles. The average molecular weight is 204 g/mol. The second-order valence-corrected chi connectivity index (χ2v) is 3.10. The molecule has 1 aromatic carbocycles. The number of benzene rings is 1. The maximum Gasteiger partial charge on any atom is 0.328 e. The molecule has 0 aliphatic carbocycles. The number of carbonyl (C=O) groups is 2. The van der Waals surface area contributed by atoms with E-state index >= 15 is 0 Å². The Morgan fingerprint density at radius 2 is 1.93 bits per heavy atom. The quantitative estimate of drug-likeness (QED) is 0.605. The molecule has 0 radical (unpaired) electrons. The predicted octanol–water partition coefficient (Wildman–Crippen LogP) is 2.38. The van der Waals surface area contributed by atoms with Crippen molar-refractivity contribution < 1.29 is 14.7 Å². The molecule has 1 N–H and O–H groups in total. The first-order chi connectivity index (χ1) is 7.17. The first-order valence-electron chi connectivity index (χ1n) is 4.66. The van der Waals surface area contributed by atoms with Crippen LogP contribution in [0.2, 0.25) is 0 Å². The van der Waals surface area contributed by atoms with Crippen LogP contribution in [0, 0.1) is 0 Å². The summed E-state index contributed by atoms with van der Waals surface area (Å²) in [7, 11) is 0. The van der Waals surface area contributed by atoms with E-state index in [2.05, 4.69) is 0 Å². The monoisotopic (exact) mass is 204 g/mol. The van der Waals surface area contributed by atoms with Crippen LogP contribution in [0.25, 0.3) is 5.57 Å². The average Bonchev–Trinajstić information content (AvgIpc) is 2.26. The molecular formula is C12H12O3. The van der Waals surface area contributed by atoms with Gasteiger partial charge in [0.2, 0.25) is 0 Å². The van der Waals surface area contributed by atoms with Crippen LogP contribution >= 0.6 is 0 Å². The summed E-state index contributed by atoms with van der Waals surface area (Å²) in [6.45, 7) is 1.89. The van der Waals surface area contributed by atoms with E-state index in [0.717, 1.165) is 17.4 Å². The van der Waals surface area contributed by atoms with Gasteiger partial charge in [0.25, 0.3) is 0 Å². The van der Waals surface area contributed by atoms with Crippen molar-refractivity contribution in [1.82, 2.24) is 0 Å². The van der Waals surface area contributed by atoms with Crippen molar-refractivity contribution in [3.8, 4) is 0 Å². The molecule has 0 aromatic heterocycles. The summed E-state index contributed by atoms with van der Waals surface area (Å²) in [4.78, 5) is 21.0. The number of hydrogen-bond acceptors (Lipinski definition) is 2. The second kappa shape index (κ2) is 5.10. The Morgan fingerprint density at radius 3 is 2.33 bits per heavy atom. The number of allylic oxidation sites excluding steroid dienone is 1. The fourth-order valence-corrected chi connectivity index (χ4v) is 1.31. The lowest BCUT2D eigenvalue weighted by Crippen LogP contribution is -1.92. The highest BCUT2D eigenvalue weighted by atomic mass is 16.4. The van der Waals surface area contributed by atoms with Crippen LogP contribution in [0.4, 0.5) is 0 Å². The molecule has 78 valence electrons. The predicted molar refractivity (Wildman–Crippen MR) is 57.7 cm³/mol. The van der Waals surface area contributed by atoms with E-state index in [1.54, 1.807) is 24.3 Å². The molecule has 15 heavy (non-hydrogen) atoms. The van der Waals surface area contributed by atoms with Crippen molar-refractivity contribution in [3.05, 3.63) is 41.5 Å². The van der Waals surface area contributed by atoms with Gasteiger partial charge < -0.3 is 5.11 Å². The molecule has 3 nitrogen and oxygen atoms in total. The van der Waals surface area contributed by atoms with E-state index < -0.39 is 5.97 Å². The molecule has 1 aromatic rings. The first-order valence-corrected chi connectivity index (χ1v) is 4.66. The minimum absolute atomic E-state index is 0.588. The van der Waals surface area contributed by atoms with Gasteiger partial charge >= 0.3 is 5.97 Å². The van der Waals surface area contributed by atoms with Crippen molar-refractivity contribution >= 4 is 17.8 Å². The van der Waals surface area contributed by atoms with Crippen LogP contribution < -0.4 is 0 Å². The molecular weight excluding hydrogens is 192 g/mol. The molecule has 0 aliphatic heterocycles. The molecule has 0 amide bonds. The molecule has 0 aliphatic rings. The smallest absolute Gasteiger partial charge is 0.328 e. The van der Waals surface area contributed by atoms with Crippen molar-refractivity contribution in [3.63, 3.8) is 0 Å². The zero-order chi connectivity index (χ0) is 11.3. The summed E-state index contributed by atoms with van der Waals surface area (Å²) in [5.41, 5.74) is 2.18. The Morgan fingerprint density at radius 1 is 1.33 bits per heavy atom. The van der Waals surface area contributed by atoms with Gasteiger partial charge in [-0.25, -0.2) is 4.79 Å². The third-order valence-electron chi connectivity index (χ3n) is 2.10. The van der Waals surface area contributed by atoms with Crippen LogP contribution in [-0.4, -0.2) is 17.4 Å². The van der Waals surface area contributed by atoms with Crippen LogP contribution in [0.5, 0.6) is 0 Å². The highest BCUT2D eigenvalue weighted by Crippen LogP contribution is 2.17. The number of carbonyl (C=O) groups excluding carboxylic acids is 1. The minimum Gasteiger partial charge on any atom is -0.478 e. The number of rotatable bonds is 4. The van der Waals surface area contributed by atoms with Crippen LogP contribution in [-0.2, 0) is 4.79 Å². The van der Waals surface area contributed by atoms with E-state index in [1.807, 2.05) is 6.92 Å². The fourth-order valence-electron chi connectivity index (χ4n) is 1.31. The Kier molecular flexibility index (Phi) is 3.80. The maximum absolute atomic E-state index is 10.5. The Bertz CT molecular complexity index is 388. The molecule has 0 saturated heterocycles. The number of hydrogen-bond donors (Lipinski definition) is 1. The SMILES string of the molecule is CC/C(=C\C(=O)O)c1ccc(C=O)cc1. The number of carboxylic acids is 1. The van der Waals surface area contributed by atoms with Gasteiger partial charge in [0.05, 0.1) is 0 Å². The second-order valence-electron chi connectivity index (χ2n) is 3.10. The molecule has 0 fully saturated rings. The first kappa shape index (κ1) is 11.2. The third-order valence-corrected chi connectivity index (χ3v) is 2.10. The van der Waals surface area contributed by atoms with Crippen LogP contribution in [0.15, 0.2) is 30.3 Å². The normalized spacial score (nSPS) is 11.1. The summed E-state index contributed by atoms with van der Waals surface area (Å²) in [6.07, 6.45) is 2.60. The molecule has 3 heteroatoms. The van der Waals surface area contributed by atoms with Gasteiger partial charge in [-0.2, -0.15) is 0 Å². The Balaban J connectivity index is 3.03. The molecule has 0 atom stereocenters. The zero-order valence-electron chi connectivity index (χ0n) is 8.43. The topological polar surface area (TPSA) is 54.4 Å². The van der Waals surface area contributed by atoms with Crippen molar-refractivity contribution in [2.24, 2.45) is 0 Å². The van der Waals surface area contributed by atoms with E-state index in [1.165, 1.54) is 6.08 Å². The largest absolute Gasteiger partial charge is 0.478 e. The van der Waals surface area contributed by atoms with Gasteiger partial charge in [0.1, 0.15) is 6.29 Å². The molecule has 0 bridgehead atoms. The van der Waals surface area contributed by atoms with Gasteiger partial charge in [-0.1, -0.05) is 31.2 Å². The maximum atomic E-state index is 10.5. The molecule has 1 rings (SSSR count). The highest BCUT2D eigenvalue weighted by Gasteiger charge is 2.01. The third kappa shape index (κ3) is 3.06. The lowest BCUT2D eigenvalue weighted by atomic mass is 10.0. The summed E-state index contributed by atoms with van der Waals surface area (Å²) >= 11 is 0. The fraction of sp³-hybridized carbons (Fsp3) is 0.167. The number of aliphatic carboxylic acids is 1. The van der Waals surface area contributed by atoms with Gasteiger partial charge in [-0.3, -0.25) is 4.79 Å². The minimum atomic E-state index is -0.952. The lowest BCUT2D eigenvalue weighted by Gasteiger charge is -2.03. The number of carboxylic acid groups (broad SMARTS) is 1. The highest BCUT2D eigenvalue weighted by molar-refractivity contribution is 5.90. The van der Waals surface area contributed by atoms with Gasteiger partial charge in [-0.05, 0) is 17.6 Å². The summed E-state index contributed by atoms with van der Waals surface area (Å²) < 4.78 is 0. The molecule has 0 heterocycles. The Hall–Kier alpha value is -1.90. The summed E-state index contributed by atoms with van der Waals surface area (Å²) in [5, 5.41) is 8.64. The van der Waals surface area contributed by atoms with E-state index in [4.69, 9.17) is 5.11 Å². The van der Waals surface area contributed by atoms with E-state index in [0.29, 0.717) is 12.0 Å². The summed E-state index contributed by atoms with van der Waals surface area (Å²) in [6, 6.07) is 6.85. The number of aldehydes is 1. The zero-order valence-corrected chi connectivity index (χ0v) is 8.43. The van der Waals surface area contributed by atoms with E-state index in [-0.39, 0.29) is 0 Å². The van der Waals surface area contributed by atoms with Crippen molar-refractivity contribution in [2.45, 2.75) is 13.3 Å². The standard InChI is InChI=1S/C12H12O3/c1-2-10(7-12(14)15)11-5-3-9(8-13)4-6-11/h3-8H,2H2,1H3,(H,14,15)/b10-7+. The van der Waals surface area contributed by atoms with Crippen LogP contribution in [0.1, 0.15) is 29.3 Å². The van der Waals surface area contributed by atoms with E-state index in [9.17, 15) is 9.59 Å². The molecule has 0 unspecified atom stereocenters. The lowest BCUT2D eigenvalue weighted by molar-refractivity contribution is -0.131. The summed E-state index contributed by atoms with van der Waals surface area (Å²) in [5.74, 6) is -0.952. The van der Waals surface area contributed by atoms with Crippen molar-refractivity contribution in [1.29, 1.82) is 0 Å².